The number of ether oxygens (including phenoxy) is 1. The molecule has 1 saturated heterocycles. The minimum absolute atomic E-state index is 0.0395. The summed E-state index contributed by atoms with van der Waals surface area (Å²) in [6.07, 6.45) is 0.962. The molecule has 0 aromatic heterocycles. The molecule has 1 aliphatic rings. The molecule has 1 aliphatic heterocycles. The highest BCUT2D eigenvalue weighted by Crippen LogP contribution is 2.29. The van der Waals surface area contributed by atoms with Crippen molar-refractivity contribution in [2.45, 2.75) is 33.6 Å². The van der Waals surface area contributed by atoms with Gasteiger partial charge in [-0.1, -0.05) is 17.7 Å². The third-order valence-corrected chi connectivity index (χ3v) is 4.37. The molecule has 0 spiro atoms. The molecule has 0 bridgehead atoms. The zero-order chi connectivity index (χ0) is 17.0. The van der Waals surface area contributed by atoms with Crippen molar-refractivity contribution in [3.8, 4) is 0 Å². The Morgan fingerprint density at radius 1 is 1.30 bits per heavy atom. The predicted molar refractivity (Wildman–Crippen MR) is 90.9 cm³/mol. The average molecular weight is 339 g/mol. The molecular formula is C17H23ClN2O3. The number of nitrogens with zero attached hydrogens (tertiary/aromatic N) is 1. The number of aryl methyl sites for hydroxylation is 2. The van der Waals surface area contributed by atoms with Gasteiger partial charge in [0.2, 0.25) is 5.91 Å². The van der Waals surface area contributed by atoms with E-state index in [1.165, 1.54) is 0 Å². The summed E-state index contributed by atoms with van der Waals surface area (Å²) in [5.41, 5.74) is 2.69. The average Bonchev–Trinajstić information content (AvgIpc) is 2.51. The van der Waals surface area contributed by atoms with Crippen LogP contribution < -0.4 is 5.32 Å². The van der Waals surface area contributed by atoms with Gasteiger partial charge in [0, 0.05) is 19.0 Å². The number of benzene rings is 1. The fourth-order valence-corrected chi connectivity index (χ4v) is 3.21. The molecule has 0 saturated carbocycles. The topological polar surface area (TPSA) is 58.6 Å². The van der Waals surface area contributed by atoms with Crippen LogP contribution in [0.4, 0.5) is 10.5 Å². The van der Waals surface area contributed by atoms with Crippen LogP contribution in [0.3, 0.4) is 0 Å². The molecule has 126 valence electrons. The fraction of sp³-hybridized carbons (Fsp3) is 0.529. The van der Waals surface area contributed by atoms with Gasteiger partial charge in [-0.25, -0.2) is 4.79 Å². The van der Waals surface area contributed by atoms with Gasteiger partial charge in [0.05, 0.1) is 17.3 Å². The lowest BCUT2D eigenvalue weighted by Crippen LogP contribution is -2.41. The highest BCUT2D eigenvalue weighted by Gasteiger charge is 2.28. The van der Waals surface area contributed by atoms with Crippen molar-refractivity contribution >= 4 is 29.3 Å². The highest BCUT2D eigenvalue weighted by molar-refractivity contribution is 6.34. The second-order valence-corrected chi connectivity index (χ2v) is 6.30. The molecule has 23 heavy (non-hydrogen) atoms. The van der Waals surface area contributed by atoms with Gasteiger partial charge in [0.25, 0.3) is 0 Å². The van der Waals surface area contributed by atoms with Gasteiger partial charge >= 0.3 is 6.09 Å². The number of rotatable bonds is 3. The first kappa shape index (κ1) is 17.6. The molecule has 0 aliphatic carbocycles. The maximum absolute atomic E-state index is 12.5. The molecule has 1 N–H and O–H groups in total. The number of carbonyl (C=O) groups excluding carboxylic acids is 2. The van der Waals surface area contributed by atoms with Gasteiger partial charge in [-0.15, -0.1) is 0 Å². The smallest absolute Gasteiger partial charge is 0.409 e. The number of likely N-dealkylation sites (tertiary alicyclic amines) is 1. The Hall–Kier alpha value is -1.75. The van der Waals surface area contributed by atoms with E-state index in [0.29, 0.717) is 43.2 Å². The summed E-state index contributed by atoms with van der Waals surface area (Å²) in [5.74, 6) is -0.153. The number of piperidine rings is 1. The van der Waals surface area contributed by atoms with Crippen LogP contribution in [0.5, 0.6) is 0 Å². The summed E-state index contributed by atoms with van der Waals surface area (Å²) >= 11 is 6.23. The summed E-state index contributed by atoms with van der Waals surface area (Å²) in [7, 11) is 0. The normalized spacial score (nSPS) is 15.4. The minimum atomic E-state index is -0.302. The number of hydrogen-bond donors (Lipinski definition) is 1. The van der Waals surface area contributed by atoms with Gasteiger partial charge in [-0.05, 0) is 50.8 Å². The lowest BCUT2D eigenvalue weighted by molar-refractivity contribution is -0.121. The molecule has 5 nitrogen and oxygen atoms in total. The van der Waals surface area contributed by atoms with Gasteiger partial charge in [0.15, 0.2) is 0 Å². The summed E-state index contributed by atoms with van der Waals surface area (Å²) in [4.78, 5) is 25.8. The zero-order valence-electron chi connectivity index (χ0n) is 13.8. The highest BCUT2D eigenvalue weighted by atomic mass is 35.5. The predicted octanol–water partition coefficient (Wildman–Crippen LogP) is 3.76. The van der Waals surface area contributed by atoms with E-state index >= 15 is 0 Å². The second kappa shape index (κ2) is 7.68. The molecule has 0 radical (unpaired) electrons. The Morgan fingerprint density at radius 2 is 1.96 bits per heavy atom. The van der Waals surface area contributed by atoms with E-state index in [4.69, 9.17) is 16.3 Å². The Bertz CT molecular complexity index is 572. The molecule has 2 rings (SSSR count). The second-order valence-electron chi connectivity index (χ2n) is 5.89. The molecular weight excluding hydrogens is 316 g/mol. The zero-order valence-corrected chi connectivity index (χ0v) is 14.6. The van der Waals surface area contributed by atoms with Crippen molar-refractivity contribution in [2.24, 2.45) is 5.92 Å². The largest absolute Gasteiger partial charge is 0.450 e. The van der Waals surface area contributed by atoms with E-state index in [1.54, 1.807) is 11.8 Å². The molecule has 0 atom stereocenters. The number of anilines is 1. The summed E-state index contributed by atoms with van der Waals surface area (Å²) < 4.78 is 4.98. The van der Waals surface area contributed by atoms with E-state index < -0.39 is 0 Å². The number of hydrogen-bond acceptors (Lipinski definition) is 3. The van der Waals surface area contributed by atoms with Crippen molar-refractivity contribution in [2.75, 3.05) is 25.0 Å². The van der Waals surface area contributed by atoms with Crippen LogP contribution in [-0.4, -0.2) is 36.6 Å². The lowest BCUT2D eigenvalue weighted by Gasteiger charge is -2.30. The number of halogens is 1. The number of carbonyl (C=O) groups is 2. The monoisotopic (exact) mass is 338 g/mol. The first-order valence-electron chi connectivity index (χ1n) is 7.91. The van der Waals surface area contributed by atoms with Crippen LogP contribution in [-0.2, 0) is 9.53 Å². The maximum atomic E-state index is 12.5. The molecule has 6 heteroatoms. The van der Waals surface area contributed by atoms with Crippen molar-refractivity contribution in [1.82, 2.24) is 4.90 Å². The van der Waals surface area contributed by atoms with Crippen LogP contribution in [0.2, 0.25) is 5.02 Å². The van der Waals surface area contributed by atoms with E-state index in [-0.39, 0.29) is 17.9 Å². The SMILES string of the molecule is CCOC(=O)N1CCC(C(=O)Nc2c(C)cc(C)cc2Cl)CC1. The quantitative estimate of drug-likeness (QED) is 0.912. The van der Waals surface area contributed by atoms with Gasteiger partial charge in [-0.2, -0.15) is 0 Å². The van der Waals surface area contributed by atoms with Gasteiger partial charge in [0.1, 0.15) is 0 Å². The third kappa shape index (κ3) is 4.38. The van der Waals surface area contributed by atoms with Crippen LogP contribution >= 0.6 is 11.6 Å². The number of nitrogens with one attached hydrogen (secondary N) is 1. The number of amides is 2. The van der Waals surface area contributed by atoms with Crippen LogP contribution in [0.15, 0.2) is 12.1 Å². The van der Waals surface area contributed by atoms with Crippen molar-refractivity contribution < 1.29 is 14.3 Å². The van der Waals surface area contributed by atoms with Crippen LogP contribution in [0.1, 0.15) is 30.9 Å². The van der Waals surface area contributed by atoms with E-state index in [9.17, 15) is 9.59 Å². The standard InChI is InChI=1S/C17H23ClN2O3/c1-4-23-17(22)20-7-5-13(6-8-20)16(21)19-15-12(3)9-11(2)10-14(15)18/h9-10,13H,4-8H2,1-3H3,(H,19,21). The van der Waals surface area contributed by atoms with Crippen molar-refractivity contribution in [3.05, 3.63) is 28.3 Å². The first-order valence-corrected chi connectivity index (χ1v) is 8.29. The Kier molecular flexibility index (Phi) is 5.88. The molecule has 1 aromatic carbocycles. The molecule has 0 unspecified atom stereocenters. The van der Waals surface area contributed by atoms with E-state index in [2.05, 4.69) is 5.32 Å². The Morgan fingerprint density at radius 3 is 2.52 bits per heavy atom. The maximum Gasteiger partial charge on any atom is 0.409 e. The minimum Gasteiger partial charge on any atom is -0.450 e. The first-order chi connectivity index (χ1) is 10.9. The third-order valence-electron chi connectivity index (χ3n) is 4.07. The van der Waals surface area contributed by atoms with Gasteiger partial charge in [-0.3, -0.25) is 4.79 Å². The van der Waals surface area contributed by atoms with E-state index in [1.807, 2.05) is 26.0 Å². The summed E-state index contributed by atoms with van der Waals surface area (Å²) in [6.45, 7) is 7.12. The molecule has 1 fully saturated rings. The van der Waals surface area contributed by atoms with Crippen LogP contribution in [0.25, 0.3) is 0 Å². The fourth-order valence-electron chi connectivity index (χ4n) is 2.84. The molecule has 2 amide bonds. The lowest BCUT2D eigenvalue weighted by atomic mass is 9.96. The van der Waals surface area contributed by atoms with Crippen LogP contribution in [0, 0.1) is 19.8 Å². The van der Waals surface area contributed by atoms with E-state index in [0.717, 1.165) is 11.1 Å². The van der Waals surface area contributed by atoms with Crippen molar-refractivity contribution in [3.63, 3.8) is 0 Å². The molecule has 1 aromatic rings. The Labute approximate surface area is 141 Å². The Balaban J connectivity index is 1.95. The molecule has 1 heterocycles. The van der Waals surface area contributed by atoms with Gasteiger partial charge < -0.3 is 15.0 Å². The summed E-state index contributed by atoms with van der Waals surface area (Å²) in [6, 6.07) is 3.83. The summed E-state index contributed by atoms with van der Waals surface area (Å²) in [5, 5.41) is 3.49. The van der Waals surface area contributed by atoms with Crippen molar-refractivity contribution in [1.29, 1.82) is 0 Å².